The van der Waals surface area contributed by atoms with Gasteiger partial charge in [-0.15, -0.1) is 0 Å². The first-order chi connectivity index (χ1) is 10.9. The molecule has 130 valence electrons. The van der Waals surface area contributed by atoms with Crippen molar-refractivity contribution in [2.45, 2.75) is 33.6 Å². The lowest BCUT2D eigenvalue weighted by molar-refractivity contribution is -0.162. The minimum atomic E-state index is -1.31. The quantitative estimate of drug-likeness (QED) is 0.466. The molecule has 0 N–H and O–H groups in total. The third kappa shape index (κ3) is 4.94. The van der Waals surface area contributed by atoms with Gasteiger partial charge in [-0.25, -0.2) is 0 Å². The van der Waals surface area contributed by atoms with Gasteiger partial charge in [0.05, 0.1) is 26.2 Å². The standard InChI is InChI=1S/C15H23NO7/c1-4-21-12(18)8-15(14(20)23-6-3)7-11(17)16(10-15)9-13(19)22-5-2/h4-10H2,1-3H3. The summed E-state index contributed by atoms with van der Waals surface area (Å²) >= 11 is 0. The van der Waals surface area contributed by atoms with Crippen molar-refractivity contribution in [2.75, 3.05) is 32.9 Å². The zero-order chi connectivity index (χ0) is 17.5. The number of hydrogen-bond donors (Lipinski definition) is 0. The summed E-state index contributed by atoms with van der Waals surface area (Å²) in [6, 6.07) is 0. The molecule has 8 heteroatoms. The molecule has 1 unspecified atom stereocenters. The average molecular weight is 329 g/mol. The van der Waals surface area contributed by atoms with Crippen molar-refractivity contribution in [3.05, 3.63) is 0 Å². The van der Waals surface area contributed by atoms with Gasteiger partial charge in [-0.3, -0.25) is 19.2 Å². The van der Waals surface area contributed by atoms with E-state index in [1.54, 1.807) is 20.8 Å². The highest BCUT2D eigenvalue weighted by molar-refractivity contribution is 5.94. The van der Waals surface area contributed by atoms with Crippen molar-refractivity contribution in [2.24, 2.45) is 5.41 Å². The molecule has 1 saturated heterocycles. The molecule has 8 nitrogen and oxygen atoms in total. The molecule has 0 saturated carbocycles. The fraction of sp³-hybridized carbons (Fsp3) is 0.733. The molecule has 1 aliphatic heterocycles. The van der Waals surface area contributed by atoms with E-state index in [4.69, 9.17) is 14.2 Å². The van der Waals surface area contributed by atoms with E-state index in [0.717, 1.165) is 0 Å². The van der Waals surface area contributed by atoms with Crippen molar-refractivity contribution in [1.82, 2.24) is 4.90 Å². The fourth-order valence-electron chi connectivity index (χ4n) is 2.52. The Morgan fingerprint density at radius 1 is 1.00 bits per heavy atom. The van der Waals surface area contributed by atoms with Gasteiger partial charge in [0.2, 0.25) is 5.91 Å². The Labute approximate surface area is 135 Å². The number of hydrogen-bond acceptors (Lipinski definition) is 7. The number of esters is 3. The molecule has 1 amide bonds. The molecule has 0 aromatic rings. The monoisotopic (exact) mass is 329 g/mol. The van der Waals surface area contributed by atoms with Crippen molar-refractivity contribution < 1.29 is 33.4 Å². The second-order valence-electron chi connectivity index (χ2n) is 5.21. The summed E-state index contributed by atoms with van der Waals surface area (Å²) in [6.45, 7) is 5.15. The summed E-state index contributed by atoms with van der Waals surface area (Å²) in [5, 5.41) is 0. The Hall–Kier alpha value is -2.12. The predicted octanol–water partition coefficient (Wildman–Crippen LogP) is 0.285. The van der Waals surface area contributed by atoms with Gasteiger partial charge in [0.15, 0.2) is 0 Å². The molecular weight excluding hydrogens is 306 g/mol. The summed E-state index contributed by atoms with van der Waals surface area (Å²) in [7, 11) is 0. The largest absolute Gasteiger partial charge is 0.466 e. The van der Waals surface area contributed by atoms with Crippen LogP contribution in [0.15, 0.2) is 0 Å². The molecule has 0 bridgehead atoms. The van der Waals surface area contributed by atoms with Gasteiger partial charge in [-0.05, 0) is 20.8 Å². The highest BCUT2D eigenvalue weighted by atomic mass is 16.5. The topological polar surface area (TPSA) is 99.2 Å². The molecule has 0 aromatic carbocycles. The number of amides is 1. The summed E-state index contributed by atoms with van der Waals surface area (Å²) in [6.07, 6.45) is -0.450. The first kappa shape index (κ1) is 18.9. The van der Waals surface area contributed by atoms with Crippen molar-refractivity contribution in [1.29, 1.82) is 0 Å². The Morgan fingerprint density at radius 3 is 2.13 bits per heavy atom. The summed E-state index contributed by atoms with van der Waals surface area (Å²) in [5.41, 5.74) is -1.31. The van der Waals surface area contributed by atoms with Crippen molar-refractivity contribution in [3.63, 3.8) is 0 Å². The SMILES string of the molecule is CCOC(=O)CN1CC(CC(=O)OCC)(C(=O)OCC)CC1=O. The zero-order valence-electron chi connectivity index (χ0n) is 13.8. The Kier molecular flexibility index (Phi) is 6.99. The van der Waals surface area contributed by atoms with E-state index in [1.807, 2.05) is 0 Å². The molecule has 23 heavy (non-hydrogen) atoms. The maximum Gasteiger partial charge on any atom is 0.325 e. The lowest BCUT2D eigenvalue weighted by Crippen LogP contribution is -2.40. The smallest absolute Gasteiger partial charge is 0.325 e. The number of rotatable bonds is 8. The minimum Gasteiger partial charge on any atom is -0.466 e. The van der Waals surface area contributed by atoms with E-state index in [1.165, 1.54) is 4.90 Å². The van der Waals surface area contributed by atoms with Crippen molar-refractivity contribution >= 4 is 23.8 Å². The molecule has 1 aliphatic rings. The maximum atomic E-state index is 12.3. The van der Waals surface area contributed by atoms with Crippen LogP contribution in [0.3, 0.4) is 0 Å². The highest BCUT2D eigenvalue weighted by Crippen LogP contribution is 2.36. The van der Waals surface area contributed by atoms with Gasteiger partial charge in [-0.1, -0.05) is 0 Å². The van der Waals surface area contributed by atoms with Crippen LogP contribution in [0, 0.1) is 5.41 Å². The third-order valence-corrected chi connectivity index (χ3v) is 3.46. The third-order valence-electron chi connectivity index (χ3n) is 3.46. The van der Waals surface area contributed by atoms with Crippen LogP contribution >= 0.6 is 0 Å². The van der Waals surface area contributed by atoms with Crippen LogP contribution in [0.1, 0.15) is 33.6 Å². The van der Waals surface area contributed by atoms with Gasteiger partial charge >= 0.3 is 17.9 Å². The molecule has 1 atom stereocenters. The maximum absolute atomic E-state index is 12.3. The number of nitrogens with zero attached hydrogens (tertiary/aromatic N) is 1. The first-order valence-electron chi connectivity index (χ1n) is 7.64. The van der Waals surface area contributed by atoms with E-state index >= 15 is 0 Å². The summed E-state index contributed by atoms with van der Waals surface area (Å²) < 4.78 is 14.7. The van der Waals surface area contributed by atoms with E-state index < -0.39 is 29.2 Å². The van der Waals surface area contributed by atoms with E-state index in [2.05, 4.69) is 0 Å². The fourth-order valence-corrected chi connectivity index (χ4v) is 2.52. The van der Waals surface area contributed by atoms with Gasteiger partial charge in [-0.2, -0.15) is 0 Å². The lowest BCUT2D eigenvalue weighted by atomic mass is 9.83. The van der Waals surface area contributed by atoms with Crippen LogP contribution in [-0.2, 0) is 33.4 Å². The molecule has 0 aromatic heterocycles. The number of ether oxygens (including phenoxy) is 3. The molecular formula is C15H23NO7. The van der Waals surface area contributed by atoms with Crippen LogP contribution < -0.4 is 0 Å². The second-order valence-corrected chi connectivity index (χ2v) is 5.21. The van der Waals surface area contributed by atoms with Crippen LogP contribution in [-0.4, -0.2) is 61.6 Å². The van der Waals surface area contributed by atoms with Crippen LogP contribution in [0.4, 0.5) is 0 Å². The van der Waals surface area contributed by atoms with Crippen LogP contribution in [0.5, 0.6) is 0 Å². The summed E-state index contributed by atoms with van der Waals surface area (Å²) in [5.74, 6) is -2.16. The molecule has 0 radical (unpaired) electrons. The average Bonchev–Trinajstić information content (AvgIpc) is 2.76. The van der Waals surface area contributed by atoms with Gasteiger partial charge in [0, 0.05) is 13.0 Å². The number of likely N-dealkylation sites (tertiary alicyclic amines) is 1. The van der Waals surface area contributed by atoms with Crippen LogP contribution in [0.25, 0.3) is 0 Å². The van der Waals surface area contributed by atoms with E-state index in [-0.39, 0.29) is 45.8 Å². The van der Waals surface area contributed by atoms with E-state index in [0.29, 0.717) is 0 Å². The van der Waals surface area contributed by atoms with E-state index in [9.17, 15) is 19.2 Å². The second kappa shape index (κ2) is 8.50. The zero-order valence-corrected chi connectivity index (χ0v) is 13.8. The minimum absolute atomic E-state index is 0.0672. The Morgan fingerprint density at radius 2 is 1.57 bits per heavy atom. The molecule has 1 rings (SSSR count). The van der Waals surface area contributed by atoms with Crippen LogP contribution in [0.2, 0.25) is 0 Å². The highest BCUT2D eigenvalue weighted by Gasteiger charge is 2.52. The summed E-state index contributed by atoms with van der Waals surface area (Å²) in [4.78, 5) is 49.0. The molecule has 0 aliphatic carbocycles. The van der Waals surface area contributed by atoms with Crippen molar-refractivity contribution in [3.8, 4) is 0 Å². The Balaban J connectivity index is 2.89. The Bertz CT molecular complexity index is 476. The molecule has 0 spiro atoms. The number of carbonyl (C=O) groups is 4. The molecule has 1 heterocycles. The lowest BCUT2D eigenvalue weighted by Gasteiger charge is -2.25. The van der Waals surface area contributed by atoms with Gasteiger partial charge in [0.1, 0.15) is 12.0 Å². The molecule has 1 fully saturated rings. The van der Waals surface area contributed by atoms with Gasteiger partial charge < -0.3 is 19.1 Å². The predicted molar refractivity (Wildman–Crippen MR) is 78.1 cm³/mol. The number of carbonyl (C=O) groups excluding carboxylic acids is 4. The van der Waals surface area contributed by atoms with Gasteiger partial charge in [0.25, 0.3) is 0 Å². The normalized spacial score (nSPS) is 20.3. The first-order valence-corrected chi connectivity index (χ1v) is 7.64.